The van der Waals surface area contributed by atoms with Crippen molar-refractivity contribution in [1.29, 1.82) is 0 Å². The Morgan fingerprint density at radius 2 is 1.45 bits per heavy atom. The quantitative estimate of drug-likeness (QED) is 0.163. The Morgan fingerprint density at radius 1 is 0.828 bits per heavy atom. The van der Waals surface area contributed by atoms with Crippen molar-refractivity contribution in [1.82, 2.24) is 19.6 Å². The van der Waals surface area contributed by atoms with Crippen LogP contribution in [0.25, 0.3) is 23.0 Å². The molecule has 10 nitrogen and oxygen atoms in total. The third kappa shape index (κ3) is 7.48. The zero-order chi connectivity index (χ0) is 40.0. The van der Waals surface area contributed by atoms with Crippen LogP contribution in [0.2, 0.25) is 0 Å². The highest BCUT2D eigenvalue weighted by atomic mass is 19.4. The predicted molar refractivity (Wildman–Crippen MR) is 218 cm³/mol. The fraction of sp³-hybridized carbons (Fsp3) is 0.378. The summed E-state index contributed by atoms with van der Waals surface area (Å²) in [5.74, 6) is -0.436. The van der Waals surface area contributed by atoms with Crippen molar-refractivity contribution < 1.29 is 27.4 Å². The molecule has 5 aromatic rings. The minimum absolute atomic E-state index is 0.0714. The Morgan fingerprint density at radius 3 is 2.05 bits per heavy atom. The van der Waals surface area contributed by atoms with Gasteiger partial charge in [0.15, 0.2) is 17.0 Å². The van der Waals surface area contributed by atoms with Gasteiger partial charge < -0.3 is 19.3 Å². The first kappa shape index (κ1) is 38.0. The molecule has 0 spiro atoms. The van der Waals surface area contributed by atoms with Gasteiger partial charge in [0.2, 0.25) is 0 Å². The van der Waals surface area contributed by atoms with Gasteiger partial charge in [0.1, 0.15) is 0 Å². The molecule has 4 aliphatic rings. The van der Waals surface area contributed by atoms with Crippen LogP contribution in [0.5, 0.6) is 0 Å². The van der Waals surface area contributed by atoms with E-state index in [1.54, 1.807) is 12.1 Å². The number of hydrogen-bond acceptors (Lipinski definition) is 8. The third-order valence-corrected chi connectivity index (χ3v) is 11.7. The van der Waals surface area contributed by atoms with Gasteiger partial charge >= 0.3 is 6.18 Å². The number of morpholine rings is 2. The Kier molecular flexibility index (Phi) is 10.3. The highest BCUT2D eigenvalue weighted by molar-refractivity contribution is 6.09. The van der Waals surface area contributed by atoms with E-state index in [2.05, 4.69) is 76.2 Å². The normalized spacial score (nSPS) is 20.9. The zero-order valence-electron chi connectivity index (χ0n) is 32.7. The lowest BCUT2D eigenvalue weighted by Crippen LogP contribution is -2.36. The number of carbonyl (C=O) groups excluding carboxylic acids is 1. The van der Waals surface area contributed by atoms with Crippen molar-refractivity contribution in [3.05, 3.63) is 119 Å². The Bertz CT molecular complexity index is 2340. The van der Waals surface area contributed by atoms with E-state index in [-0.39, 0.29) is 28.9 Å². The molecular formula is C45H46F3N7O3. The van der Waals surface area contributed by atoms with E-state index in [0.717, 1.165) is 95.4 Å². The first-order chi connectivity index (χ1) is 28.1. The third-order valence-electron chi connectivity index (χ3n) is 11.7. The number of nitrogens with zero attached hydrogens (tertiary/aromatic N) is 7. The predicted octanol–water partition coefficient (Wildman–Crippen LogP) is 8.65. The average molecular weight is 790 g/mol. The number of alkyl halides is 3. The maximum atomic E-state index is 14.7. The number of allylic oxidation sites excluding steroid dienone is 1. The maximum absolute atomic E-state index is 14.7. The highest BCUT2D eigenvalue weighted by Gasteiger charge is 2.45. The number of ether oxygens (including phenoxy) is 2. The first-order valence-electron chi connectivity index (χ1n) is 20.2. The second-order valence-electron chi connectivity index (χ2n) is 15.7. The Balaban J connectivity index is 1.09. The van der Waals surface area contributed by atoms with Gasteiger partial charge in [-0.1, -0.05) is 62.4 Å². The molecule has 1 saturated carbocycles. The molecule has 13 heteroatoms. The topological polar surface area (TPSA) is 87.8 Å². The molecule has 300 valence electrons. The molecule has 0 bridgehead atoms. The van der Waals surface area contributed by atoms with Crippen LogP contribution in [0.15, 0.2) is 95.6 Å². The van der Waals surface area contributed by atoms with Gasteiger partial charge in [-0.2, -0.15) is 23.4 Å². The number of hydrazone groups is 1. The number of amides is 1. The van der Waals surface area contributed by atoms with Crippen molar-refractivity contribution >= 4 is 34.7 Å². The van der Waals surface area contributed by atoms with Gasteiger partial charge in [-0.3, -0.25) is 4.79 Å². The number of hydrogen-bond donors (Lipinski definition) is 0. The summed E-state index contributed by atoms with van der Waals surface area (Å²) in [5, 5.41) is 10.8. The van der Waals surface area contributed by atoms with Crippen LogP contribution in [-0.2, 0) is 15.7 Å². The maximum Gasteiger partial charge on any atom is 0.433 e. The smallest absolute Gasteiger partial charge is 0.378 e. The molecule has 0 unspecified atom stereocenters. The van der Waals surface area contributed by atoms with Crippen molar-refractivity contribution in [3.8, 4) is 11.3 Å². The monoisotopic (exact) mass is 789 g/mol. The number of rotatable bonds is 7. The summed E-state index contributed by atoms with van der Waals surface area (Å²) in [6, 6.07) is 25.9. The number of benzene rings is 3. The lowest BCUT2D eigenvalue weighted by molar-refractivity contribution is -0.142. The van der Waals surface area contributed by atoms with Crippen molar-refractivity contribution in [3.63, 3.8) is 0 Å². The van der Waals surface area contributed by atoms with E-state index in [4.69, 9.17) is 14.6 Å². The molecule has 2 saturated heterocycles. The van der Waals surface area contributed by atoms with Crippen LogP contribution in [0.4, 0.5) is 24.5 Å². The lowest BCUT2D eigenvalue weighted by atomic mass is 9.77. The molecule has 9 rings (SSSR count). The van der Waals surface area contributed by atoms with Crippen molar-refractivity contribution in [2.75, 3.05) is 62.4 Å². The summed E-state index contributed by atoms with van der Waals surface area (Å²) in [4.78, 5) is 23.9. The standard InChI is InChI=1S/C45H46F3N7O3/c1-29(2)31-8-10-32(11-9-31)38-27-40(45(46,47)48)54-41(49-38)28-39(50-54)44(56)55-43(33-12-16-36(17-13-33)53-20-24-58-25-21-53)37-5-3-4-34(42(37)51-55)26-30-6-14-35(15-7-30)52-18-22-57-23-19-52/h6-17,26-29,37,43H,3-5,18-25H2,1-2H3/b34-26+/t37-,43-/m0/s1. The molecule has 3 aliphatic heterocycles. The second kappa shape index (κ2) is 15.7. The summed E-state index contributed by atoms with van der Waals surface area (Å²) in [5.41, 5.74) is 6.52. The molecule has 0 radical (unpaired) electrons. The lowest BCUT2D eigenvalue weighted by Gasteiger charge is -2.31. The molecule has 1 aliphatic carbocycles. The SMILES string of the molecule is CC(C)c1ccc(-c2cc(C(F)(F)F)n3nc(C(=O)N4N=C5/C(=C/c6ccc(N7CCOCC7)cc6)CCC[C@@H]5[C@@H]4c4ccc(N5CCOCC5)cc4)cc3n2)cc1. The van der Waals surface area contributed by atoms with Crippen LogP contribution >= 0.6 is 0 Å². The van der Waals surface area contributed by atoms with Gasteiger partial charge in [0, 0.05) is 55.1 Å². The summed E-state index contributed by atoms with van der Waals surface area (Å²) in [6.07, 6.45) is -0.108. The molecule has 3 aromatic carbocycles. The fourth-order valence-electron chi connectivity index (χ4n) is 8.59. The second-order valence-corrected chi connectivity index (χ2v) is 15.7. The number of fused-ring (bicyclic) bond motifs is 2. The molecular weight excluding hydrogens is 744 g/mol. The van der Waals surface area contributed by atoms with Gasteiger partial charge in [0.05, 0.1) is 43.9 Å². The van der Waals surface area contributed by atoms with E-state index in [0.29, 0.717) is 32.0 Å². The molecule has 58 heavy (non-hydrogen) atoms. The van der Waals surface area contributed by atoms with E-state index in [1.165, 1.54) is 11.1 Å². The highest BCUT2D eigenvalue weighted by Crippen LogP contribution is 2.45. The van der Waals surface area contributed by atoms with Crippen LogP contribution in [0, 0.1) is 5.92 Å². The molecule has 2 aromatic heterocycles. The number of halogens is 3. The fourth-order valence-corrected chi connectivity index (χ4v) is 8.59. The minimum Gasteiger partial charge on any atom is -0.378 e. The summed E-state index contributed by atoms with van der Waals surface area (Å²) >= 11 is 0. The molecule has 0 N–H and O–H groups in total. The van der Waals surface area contributed by atoms with Gasteiger partial charge in [-0.15, -0.1) is 0 Å². The van der Waals surface area contributed by atoms with Crippen LogP contribution in [-0.4, -0.2) is 83.8 Å². The Labute approximate surface area is 335 Å². The van der Waals surface area contributed by atoms with Crippen LogP contribution in [0.1, 0.15) is 77.9 Å². The average Bonchev–Trinajstić information content (AvgIpc) is 3.87. The molecule has 1 amide bonds. The summed E-state index contributed by atoms with van der Waals surface area (Å²) in [6.45, 7) is 10.1. The van der Waals surface area contributed by atoms with E-state index < -0.39 is 23.8 Å². The first-order valence-corrected chi connectivity index (χ1v) is 20.2. The number of anilines is 2. The van der Waals surface area contributed by atoms with Gasteiger partial charge in [-0.05, 0) is 83.9 Å². The van der Waals surface area contributed by atoms with E-state index in [9.17, 15) is 18.0 Å². The van der Waals surface area contributed by atoms with Crippen molar-refractivity contribution in [2.45, 2.75) is 51.2 Å². The van der Waals surface area contributed by atoms with Crippen LogP contribution in [0.3, 0.4) is 0 Å². The van der Waals surface area contributed by atoms with Crippen molar-refractivity contribution in [2.24, 2.45) is 11.0 Å². The minimum atomic E-state index is -4.76. The van der Waals surface area contributed by atoms with Gasteiger partial charge in [-0.25, -0.2) is 14.5 Å². The number of aromatic nitrogens is 3. The van der Waals surface area contributed by atoms with E-state index >= 15 is 0 Å². The largest absolute Gasteiger partial charge is 0.433 e. The molecule has 2 atom stereocenters. The number of carbonyl (C=O) groups is 1. The summed E-state index contributed by atoms with van der Waals surface area (Å²) < 4.78 is 55.8. The Hall–Kier alpha value is -5.53. The summed E-state index contributed by atoms with van der Waals surface area (Å²) in [7, 11) is 0. The van der Waals surface area contributed by atoms with Gasteiger partial charge in [0.25, 0.3) is 5.91 Å². The van der Waals surface area contributed by atoms with Crippen LogP contribution < -0.4 is 9.80 Å². The molecule has 5 heterocycles. The zero-order valence-corrected chi connectivity index (χ0v) is 32.7. The molecule has 3 fully saturated rings. The van der Waals surface area contributed by atoms with E-state index in [1.807, 2.05) is 24.3 Å².